The van der Waals surface area contributed by atoms with Crippen LogP contribution in [0.2, 0.25) is 0 Å². The maximum absolute atomic E-state index is 8.69. The van der Waals surface area contributed by atoms with Crippen molar-refractivity contribution in [3.8, 4) is 0 Å². The maximum atomic E-state index is 8.69. The molecule has 78 valence electrons. The zero-order valence-corrected chi connectivity index (χ0v) is 8.69. The number of hydrogen-bond donors (Lipinski definition) is 1. The third-order valence-electron chi connectivity index (χ3n) is 2.86. The molecule has 1 fully saturated rings. The fourth-order valence-corrected chi connectivity index (χ4v) is 2.12. The fourth-order valence-electron chi connectivity index (χ4n) is 2.12. The Morgan fingerprint density at radius 1 is 1.13 bits per heavy atom. The Labute approximate surface area is 89.9 Å². The van der Waals surface area contributed by atoms with Gasteiger partial charge in [-0.1, -0.05) is 41.1 Å². The first kappa shape index (κ1) is 9.97. The highest BCUT2D eigenvalue weighted by Crippen LogP contribution is 2.30. The first-order chi connectivity index (χ1) is 7.42. The van der Waals surface area contributed by atoms with Crippen molar-refractivity contribution in [3.05, 3.63) is 41.5 Å². The molecular formula is C13H15NO. The monoisotopic (exact) mass is 201 g/mol. The zero-order valence-electron chi connectivity index (χ0n) is 8.69. The molecule has 0 bridgehead atoms. The summed E-state index contributed by atoms with van der Waals surface area (Å²) in [6, 6.07) is 10.1. The van der Waals surface area contributed by atoms with Crippen LogP contribution in [-0.4, -0.2) is 11.4 Å². The lowest BCUT2D eigenvalue weighted by Gasteiger charge is -2.05. The van der Waals surface area contributed by atoms with Gasteiger partial charge in [0.05, 0.1) is 6.21 Å². The van der Waals surface area contributed by atoms with Gasteiger partial charge in [-0.05, 0) is 31.2 Å². The minimum absolute atomic E-state index is 1.09. The summed E-state index contributed by atoms with van der Waals surface area (Å²) in [5, 5.41) is 11.9. The molecule has 0 unspecified atom stereocenters. The van der Waals surface area contributed by atoms with Gasteiger partial charge >= 0.3 is 0 Å². The normalized spacial score (nSPS) is 16.1. The average Bonchev–Trinajstić information content (AvgIpc) is 2.80. The van der Waals surface area contributed by atoms with Gasteiger partial charge < -0.3 is 5.21 Å². The van der Waals surface area contributed by atoms with Gasteiger partial charge in [-0.15, -0.1) is 0 Å². The summed E-state index contributed by atoms with van der Waals surface area (Å²) in [7, 11) is 0. The third kappa shape index (κ3) is 2.27. The summed E-state index contributed by atoms with van der Waals surface area (Å²) in [5.41, 5.74) is 3.65. The van der Waals surface area contributed by atoms with E-state index in [4.69, 9.17) is 5.21 Å². The Morgan fingerprint density at radius 2 is 1.80 bits per heavy atom. The maximum Gasteiger partial charge on any atom is 0.0739 e. The van der Waals surface area contributed by atoms with Crippen molar-refractivity contribution < 1.29 is 5.21 Å². The van der Waals surface area contributed by atoms with E-state index in [2.05, 4.69) is 17.3 Å². The molecule has 2 nitrogen and oxygen atoms in total. The standard InChI is InChI=1S/C13H15NO/c15-14-10-13(12-8-4-5-9-12)11-6-2-1-3-7-11/h1-3,6-7,10,15H,4-5,8-9H2/b14-10+. The van der Waals surface area contributed by atoms with E-state index in [0.717, 1.165) is 24.0 Å². The number of allylic oxidation sites excluding steroid dienone is 2. The number of hydrogen-bond acceptors (Lipinski definition) is 2. The largest absolute Gasteiger partial charge is 0.411 e. The average molecular weight is 201 g/mol. The first-order valence-corrected chi connectivity index (χ1v) is 5.36. The Balaban J connectivity index is 2.40. The Morgan fingerprint density at radius 3 is 2.40 bits per heavy atom. The SMILES string of the molecule is O/N=C/C(=C1CCCC1)c1ccccc1. The molecule has 1 saturated carbocycles. The zero-order chi connectivity index (χ0) is 10.5. The summed E-state index contributed by atoms with van der Waals surface area (Å²) in [4.78, 5) is 0. The van der Waals surface area contributed by atoms with Crippen molar-refractivity contribution in [2.24, 2.45) is 5.16 Å². The highest BCUT2D eigenvalue weighted by atomic mass is 16.4. The number of benzene rings is 1. The molecule has 1 aromatic carbocycles. The van der Waals surface area contributed by atoms with Crippen molar-refractivity contribution >= 4 is 11.8 Å². The van der Waals surface area contributed by atoms with Crippen LogP contribution in [0.4, 0.5) is 0 Å². The van der Waals surface area contributed by atoms with Crippen molar-refractivity contribution in [1.29, 1.82) is 0 Å². The molecule has 1 aromatic rings. The Kier molecular flexibility index (Phi) is 3.18. The number of nitrogens with zero attached hydrogens (tertiary/aromatic N) is 1. The van der Waals surface area contributed by atoms with E-state index in [1.165, 1.54) is 18.4 Å². The van der Waals surface area contributed by atoms with E-state index in [9.17, 15) is 0 Å². The van der Waals surface area contributed by atoms with Gasteiger partial charge in [0.1, 0.15) is 0 Å². The summed E-state index contributed by atoms with van der Waals surface area (Å²) < 4.78 is 0. The van der Waals surface area contributed by atoms with E-state index in [0.29, 0.717) is 0 Å². The van der Waals surface area contributed by atoms with Gasteiger partial charge in [0.2, 0.25) is 0 Å². The van der Waals surface area contributed by atoms with Gasteiger partial charge in [0.15, 0.2) is 0 Å². The lowest BCUT2D eigenvalue weighted by atomic mass is 10.00. The molecule has 0 aliphatic heterocycles. The van der Waals surface area contributed by atoms with Crippen molar-refractivity contribution in [1.82, 2.24) is 0 Å². The van der Waals surface area contributed by atoms with Crippen LogP contribution in [0.15, 0.2) is 41.1 Å². The minimum atomic E-state index is 1.09. The summed E-state index contributed by atoms with van der Waals surface area (Å²) in [5.74, 6) is 0. The van der Waals surface area contributed by atoms with E-state index in [-0.39, 0.29) is 0 Å². The fraction of sp³-hybridized carbons (Fsp3) is 0.308. The van der Waals surface area contributed by atoms with E-state index >= 15 is 0 Å². The Hall–Kier alpha value is -1.57. The van der Waals surface area contributed by atoms with Crippen LogP contribution in [0, 0.1) is 0 Å². The minimum Gasteiger partial charge on any atom is -0.411 e. The Bertz CT molecular complexity index is 371. The molecule has 1 aliphatic carbocycles. The molecule has 15 heavy (non-hydrogen) atoms. The lowest BCUT2D eigenvalue weighted by Crippen LogP contribution is -1.90. The van der Waals surface area contributed by atoms with Crippen LogP contribution in [0.5, 0.6) is 0 Å². The number of oxime groups is 1. The summed E-state index contributed by atoms with van der Waals surface area (Å²) >= 11 is 0. The van der Waals surface area contributed by atoms with Crippen LogP contribution >= 0.6 is 0 Å². The van der Waals surface area contributed by atoms with E-state index in [1.807, 2.05) is 18.2 Å². The highest BCUT2D eigenvalue weighted by molar-refractivity contribution is 6.10. The molecule has 0 atom stereocenters. The van der Waals surface area contributed by atoms with Crippen molar-refractivity contribution in [3.63, 3.8) is 0 Å². The van der Waals surface area contributed by atoms with Crippen LogP contribution in [0.25, 0.3) is 5.57 Å². The smallest absolute Gasteiger partial charge is 0.0739 e. The molecule has 0 saturated heterocycles. The second-order valence-corrected chi connectivity index (χ2v) is 3.83. The first-order valence-electron chi connectivity index (χ1n) is 5.36. The summed E-state index contributed by atoms with van der Waals surface area (Å²) in [6.45, 7) is 0. The molecule has 0 aromatic heterocycles. The highest BCUT2D eigenvalue weighted by Gasteiger charge is 2.12. The van der Waals surface area contributed by atoms with Gasteiger partial charge in [-0.2, -0.15) is 0 Å². The van der Waals surface area contributed by atoms with Gasteiger partial charge in [0, 0.05) is 5.57 Å². The van der Waals surface area contributed by atoms with Gasteiger partial charge in [-0.3, -0.25) is 0 Å². The topological polar surface area (TPSA) is 32.6 Å². The van der Waals surface area contributed by atoms with Crippen LogP contribution in [0.3, 0.4) is 0 Å². The lowest BCUT2D eigenvalue weighted by molar-refractivity contribution is 0.322. The van der Waals surface area contributed by atoms with Crippen LogP contribution in [0.1, 0.15) is 31.2 Å². The second kappa shape index (κ2) is 4.78. The van der Waals surface area contributed by atoms with Gasteiger partial charge in [0.25, 0.3) is 0 Å². The van der Waals surface area contributed by atoms with E-state index in [1.54, 1.807) is 6.21 Å². The predicted octanol–water partition coefficient (Wildman–Crippen LogP) is 3.47. The quantitative estimate of drug-likeness (QED) is 0.443. The van der Waals surface area contributed by atoms with Crippen LogP contribution in [-0.2, 0) is 0 Å². The molecule has 1 aliphatic rings. The molecule has 2 rings (SSSR count). The summed E-state index contributed by atoms with van der Waals surface area (Å²) in [6.07, 6.45) is 6.35. The molecule has 0 amide bonds. The van der Waals surface area contributed by atoms with E-state index < -0.39 is 0 Å². The molecule has 0 heterocycles. The van der Waals surface area contributed by atoms with Crippen molar-refractivity contribution in [2.75, 3.05) is 0 Å². The molecule has 1 N–H and O–H groups in total. The van der Waals surface area contributed by atoms with Crippen LogP contribution < -0.4 is 0 Å². The second-order valence-electron chi connectivity index (χ2n) is 3.83. The van der Waals surface area contributed by atoms with Crippen molar-refractivity contribution in [2.45, 2.75) is 25.7 Å². The molecule has 0 radical (unpaired) electrons. The molecular weight excluding hydrogens is 186 g/mol. The molecule has 0 spiro atoms. The molecule has 2 heteroatoms. The predicted molar refractivity (Wildman–Crippen MR) is 62.1 cm³/mol. The number of rotatable bonds is 2. The third-order valence-corrected chi connectivity index (χ3v) is 2.86. The van der Waals surface area contributed by atoms with Gasteiger partial charge in [-0.25, -0.2) is 0 Å².